The second kappa shape index (κ2) is 28.2. The summed E-state index contributed by atoms with van der Waals surface area (Å²) in [5.74, 6) is -0.725. The van der Waals surface area contributed by atoms with Crippen molar-refractivity contribution < 1.29 is 28.7 Å². The maximum atomic E-state index is 13.0. The summed E-state index contributed by atoms with van der Waals surface area (Å²) < 4.78 is 12.0. The normalized spacial score (nSPS) is 24.9. The molecular formula is C57H111N5O6. The Kier molecular flexibility index (Phi) is 25.3. The highest BCUT2D eigenvalue weighted by molar-refractivity contribution is 5.78. The Morgan fingerprint density at radius 3 is 1.28 bits per heavy atom. The summed E-state index contributed by atoms with van der Waals surface area (Å²) >= 11 is 0. The molecule has 0 bridgehead atoms. The zero-order valence-corrected chi connectivity index (χ0v) is 47.4. The van der Waals surface area contributed by atoms with Crippen LogP contribution in [0, 0.1) is 0 Å². The molecule has 4 fully saturated rings. The first kappa shape index (κ1) is 61.0. The molecule has 4 heterocycles. The topological polar surface area (TPSA) is 105 Å². The number of piperidine rings is 3. The molecule has 68 heavy (non-hydrogen) atoms. The second-order valence-electron chi connectivity index (χ2n) is 25.4. The van der Waals surface area contributed by atoms with Gasteiger partial charge in [0.25, 0.3) is 0 Å². The summed E-state index contributed by atoms with van der Waals surface area (Å²) in [5.41, 5.74) is -0.523. The van der Waals surface area contributed by atoms with Crippen LogP contribution in [0.1, 0.15) is 271 Å². The SMILES string of the molecule is CCCCCCCCN1CNC2(C1)CC(C)(C)NC(C)(C)C2.CCCCCCCCON1C(C)(C)CCC(OC(=O)CCC(=O)OC2CCC(C)(C)N(OCCCCCCCC)C2(C)C)C1(C)C. The van der Waals surface area contributed by atoms with E-state index in [0.717, 1.165) is 45.2 Å². The molecular weight excluding hydrogens is 851 g/mol. The quantitative estimate of drug-likeness (QED) is 0.0578. The number of hydrogen-bond acceptors (Lipinski definition) is 11. The van der Waals surface area contributed by atoms with Crippen molar-refractivity contribution in [1.29, 1.82) is 0 Å². The largest absolute Gasteiger partial charge is 0.460 e. The lowest BCUT2D eigenvalue weighted by atomic mass is 9.71. The van der Waals surface area contributed by atoms with Gasteiger partial charge >= 0.3 is 11.9 Å². The average molecular weight is 963 g/mol. The van der Waals surface area contributed by atoms with E-state index in [9.17, 15) is 9.59 Å². The van der Waals surface area contributed by atoms with Crippen molar-refractivity contribution in [2.45, 2.75) is 322 Å². The van der Waals surface area contributed by atoms with Crippen LogP contribution in [0.2, 0.25) is 0 Å². The highest BCUT2D eigenvalue weighted by Gasteiger charge is 2.52. The molecule has 4 rings (SSSR count). The molecule has 4 saturated heterocycles. The predicted octanol–water partition coefficient (Wildman–Crippen LogP) is 13.4. The molecule has 2 unspecified atom stereocenters. The zero-order chi connectivity index (χ0) is 50.7. The molecule has 2 atom stereocenters. The Labute approximate surface area is 419 Å². The zero-order valence-electron chi connectivity index (χ0n) is 47.4. The Bertz CT molecular complexity index is 1360. The molecule has 0 aliphatic carbocycles. The van der Waals surface area contributed by atoms with Gasteiger partial charge in [-0.05, 0) is 147 Å². The molecule has 11 heteroatoms. The van der Waals surface area contributed by atoms with Crippen LogP contribution >= 0.6 is 0 Å². The van der Waals surface area contributed by atoms with E-state index in [1.165, 1.54) is 129 Å². The minimum absolute atomic E-state index is 0.00428. The van der Waals surface area contributed by atoms with E-state index in [-0.39, 0.29) is 59.1 Å². The van der Waals surface area contributed by atoms with Gasteiger partial charge in [-0.1, -0.05) is 117 Å². The van der Waals surface area contributed by atoms with Crippen LogP contribution in [0.3, 0.4) is 0 Å². The third-order valence-electron chi connectivity index (χ3n) is 15.5. The number of hydroxylamine groups is 4. The molecule has 0 aromatic carbocycles. The molecule has 0 radical (unpaired) electrons. The van der Waals surface area contributed by atoms with Gasteiger partial charge in [0.2, 0.25) is 0 Å². The summed E-state index contributed by atoms with van der Waals surface area (Å²) in [6.45, 7) is 38.2. The first-order valence-corrected chi connectivity index (χ1v) is 28.4. The summed E-state index contributed by atoms with van der Waals surface area (Å²) in [6.07, 6.45) is 28.0. The number of rotatable bonds is 28. The molecule has 4 aliphatic heterocycles. The van der Waals surface area contributed by atoms with Crippen molar-refractivity contribution >= 4 is 11.9 Å². The summed E-state index contributed by atoms with van der Waals surface area (Å²) in [5, 5.41) is 11.8. The fourth-order valence-electron chi connectivity index (χ4n) is 12.6. The number of carbonyl (C=O) groups excluding carboxylic acids is 2. The Morgan fingerprint density at radius 1 is 0.515 bits per heavy atom. The van der Waals surface area contributed by atoms with Gasteiger partial charge in [-0.3, -0.25) is 29.5 Å². The summed E-state index contributed by atoms with van der Waals surface area (Å²) in [4.78, 5) is 41.4. The molecule has 11 nitrogen and oxygen atoms in total. The lowest BCUT2D eigenvalue weighted by Crippen LogP contribution is -2.67. The molecule has 1 spiro atoms. The molecule has 2 N–H and O–H groups in total. The van der Waals surface area contributed by atoms with Crippen molar-refractivity contribution in [2.24, 2.45) is 0 Å². The van der Waals surface area contributed by atoms with E-state index in [1.54, 1.807) is 0 Å². The smallest absolute Gasteiger partial charge is 0.306 e. The van der Waals surface area contributed by atoms with Crippen molar-refractivity contribution in [3.63, 3.8) is 0 Å². The number of ether oxygens (including phenoxy) is 2. The maximum Gasteiger partial charge on any atom is 0.306 e. The Morgan fingerprint density at radius 2 is 0.882 bits per heavy atom. The van der Waals surface area contributed by atoms with Crippen LogP contribution in [0.4, 0.5) is 0 Å². The van der Waals surface area contributed by atoms with Crippen LogP contribution in [-0.2, 0) is 28.7 Å². The van der Waals surface area contributed by atoms with Crippen molar-refractivity contribution in [1.82, 2.24) is 25.7 Å². The highest BCUT2D eigenvalue weighted by Crippen LogP contribution is 2.43. The highest BCUT2D eigenvalue weighted by atomic mass is 16.7. The first-order chi connectivity index (χ1) is 31.9. The van der Waals surface area contributed by atoms with Crippen LogP contribution in [0.25, 0.3) is 0 Å². The number of hydrogen-bond donors (Lipinski definition) is 2. The molecule has 4 aliphatic rings. The first-order valence-electron chi connectivity index (χ1n) is 28.4. The van der Waals surface area contributed by atoms with Crippen LogP contribution in [-0.4, -0.2) is 111 Å². The second-order valence-corrected chi connectivity index (χ2v) is 25.4. The molecule has 0 aromatic rings. The van der Waals surface area contributed by atoms with Crippen LogP contribution in [0.5, 0.6) is 0 Å². The van der Waals surface area contributed by atoms with Gasteiger partial charge in [0.05, 0.1) is 37.1 Å². The van der Waals surface area contributed by atoms with E-state index < -0.39 is 11.1 Å². The predicted molar refractivity (Wildman–Crippen MR) is 282 cm³/mol. The standard InChI is InChI=1S/C38H72N2O6.C19H39N3/c1-11-13-15-17-19-21-29-43-39-35(3,4)27-25-31(37(39,7)8)45-33(41)23-24-34(42)46-32-26-28-36(5,6)40(38(32,9)10)44-30-22-20-18-16-14-12-2;1-6-7-8-9-10-11-12-22-15-19(20-16-22)13-17(2,3)21-18(4,5)14-19/h31-32H,11-30H2,1-10H3;20-21H,6-16H2,1-5H3. The van der Waals surface area contributed by atoms with E-state index in [1.807, 2.05) is 0 Å². The lowest BCUT2D eigenvalue weighted by molar-refractivity contribution is -0.304. The van der Waals surface area contributed by atoms with E-state index in [0.29, 0.717) is 18.8 Å². The van der Waals surface area contributed by atoms with Gasteiger partial charge in [0, 0.05) is 40.9 Å². The van der Waals surface area contributed by atoms with Crippen molar-refractivity contribution in [2.75, 3.05) is 33.0 Å². The molecule has 400 valence electrons. The molecule has 0 amide bonds. The van der Waals surface area contributed by atoms with Gasteiger partial charge in [-0.25, -0.2) is 0 Å². The van der Waals surface area contributed by atoms with Gasteiger partial charge in [-0.15, -0.1) is 0 Å². The lowest BCUT2D eigenvalue weighted by Gasteiger charge is -2.54. The summed E-state index contributed by atoms with van der Waals surface area (Å²) in [6, 6.07) is 0. The summed E-state index contributed by atoms with van der Waals surface area (Å²) in [7, 11) is 0. The van der Waals surface area contributed by atoms with Gasteiger partial charge in [0.15, 0.2) is 0 Å². The third-order valence-corrected chi connectivity index (χ3v) is 15.5. The average Bonchev–Trinajstić information content (AvgIpc) is 3.60. The van der Waals surface area contributed by atoms with Gasteiger partial charge < -0.3 is 14.8 Å². The van der Waals surface area contributed by atoms with E-state index in [2.05, 4.69) is 130 Å². The maximum absolute atomic E-state index is 13.0. The monoisotopic (exact) mass is 962 g/mol. The number of unbranched alkanes of at least 4 members (excludes halogenated alkanes) is 15. The fourth-order valence-corrected chi connectivity index (χ4v) is 12.6. The number of nitrogens with one attached hydrogen (secondary N) is 2. The minimum atomic E-state index is -0.488. The molecule has 0 aromatic heterocycles. The van der Waals surface area contributed by atoms with Crippen molar-refractivity contribution in [3.8, 4) is 0 Å². The van der Waals surface area contributed by atoms with Gasteiger partial charge in [-0.2, -0.15) is 10.1 Å². The van der Waals surface area contributed by atoms with Crippen LogP contribution in [0.15, 0.2) is 0 Å². The number of nitrogens with zero attached hydrogens (tertiary/aromatic N) is 3. The Balaban J connectivity index is 0.000000461. The number of carbonyl (C=O) groups is 2. The Hall–Kier alpha value is -1.34. The fraction of sp³-hybridized carbons (Fsp3) is 0.965. The third kappa shape index (κ3) is 19.9. The van der Waals surface area contributed by atoms with Crippen molar-refractivity contribution in [3.05, 3.63) is 0 Å². The van der Waals surface area contributed by atoms with Gasteiger partial charge in [0.1, 0.15) is 12.2 Å². The van der Waals surface area contributed by atoms with E-state index in [4.69, 9.17) is 19.1 Å². The minimum Gasteiger partial charge on any atom is -0.460 e. The van der Waals surface area contributed by atoms with Crippen LogP contribution < -0.4 is 10.6 Å². The number of esters is 2. The molecule has 0 saturated carbocycles. The van der Waals surface area contributed by atoms with E-state index >= 15 is 0 Å².